The number of nitrogens with zero attached hydrogens (tertiary/aromatic N) is 3. The lowest BCUT2D eigenvalue weighted by molar-refractivity contribution is -0.113. The highest BCUT2D eigenvalue weighted by Crippen LogP contribution is 2.36. The quantitative estimate of drug-likeness (QED) is 0.576. The van der Waals surface area contributed by atoms with Gasteiger partial charge in [-0.25, -0.2) is 0 Å². The molecule has 156 valence electrons. The Bertz CT molecular complexity index is 1080. The molecule has 0 unspecified atom stereocenters. The van der Waals surface area contributed by atoms with E-state index in [1.807, 2.05) is 54.8 Å². The van der Waals surface area contributed by atoms with Crippen LogP contribution >= 0.6 is 11.8 Å². The van der Waals surface area contributed by atoms with Crippen LogP contribution in [0.1, 0.15) is 12.5 Å². The van der Waals surface area contributed by atoms with Gasteiger partial charge in [0.15, 0.2) is 22.5 Å². The van der Waals surface area contributed by atoms with Crippen molar-refractivity contribution in [3.05, 3.63) is 42.0 Å². The van der Waals surface area contributed by atoms with Crippen molar-refractivity contribution in [3.63, 3.8) is 0 Å². The molecule has 0 radical (unpaired) electrons. The van der Waals surface area contributed by atoms with Gasteiger partial charge in [0.05, 0.1) is 18.6 Å². The Balaban J connectivity index is 1.47. The first kappa shape index (κ1) is 20.1. The highest BCUT2D eigenvalue weighted by Gasteiger charge is 2.19. The number of hydrogen-bond acceptors (Lipinski definition) is 7. The van der Waals surface area contributed by atoms with Gasteiger partial charge < -0.3 is 24.1 Å². The first-order chi connectivity index (χ1) is 14.6. The second-order valence-corrected chi connectivity index (χ2v) is 7.60. The van der Waals surface area contributed by atoms with E-state index in [-0.39, 0.29) is 18.5 Å². The van der Waals surface area contributed by atoms with Crippen molar-refractivity contribution < 1.29 is 19.0 Å². The number of anilines is 1. The molecule has 0 saturated carbocycles. The molecular formula is C21H22N4O4S. The molecule has 0 saturated heterocycles. The van der Waals surface area contributed by atoms with E-state index in [2.05, 4.69) is 15.5 Å². The molecule has 0 aliphatic carbocycles. The predicted octanol–water partition coefficient (Wildman–Crippen LogP) is 3.74. The maximum Gasteiger partial charge on any atom is 0.234 e. The first-order valence-corrected chi connectivity index (χ1v) is 10.5. The molecule has 3 aromatic rings. The van der Waals surface area contributed by atoms with Crippen molar-refractivity contribution in [3.8, 4) is 28.6 Å². The fourth-order valence-corrected chi connectivity index (χ4v) is 3.97. The maximum absolute atomic E-state index is 12.5. The van der Waals surface area contributed by atoms with Crippen LogP contribution in [0.15, 0.2) is 41.6 Å². The molecule has 9 heteroatoms. The molecule has 2 heterocycles. The van der Waals surface area contributed by atoms with Crippen LogP contribution in [0.3, 0.4) is 0 Å². The van der Waals surface area contributed by atoms with Gasteiger partial charge in [-0.15, -0.1) is 10.2 Å². The Kier molecular flexibility index (Phi) is 5.80. The Morgan fingerprint density at radius 1 is 1.20 bits per heavy atom. The van der Waals surface area contributed by atoms with E-state index in [0.717, 1.165) is 22.7 Å². The largest absolute Gasteiger partial charge is 0.495 e. The second-order valence-electron chi connectivity index (χ2n) is 6.66. The Labute approximate surface area is 178 Å². The normalized spacial score (nSPS) is 12.1. The number of rotatable bonds is 7. The van der Waals surface area contributed by atoms with Gasteiger partial charge >= 0.3 is 0 Å². The molecular weight excluding hydrogens is 404 g/mol. The van der Waals surface area contributed by atoms with E-state index in [0.29, 0.717) is 28.9 Å². The maximum atomic E-state index is 12.5. The lowest BCUT2D eigenvalue weighted by Crippen LogP contribution is -2.15. The van der Waals surface area contributed by atoms with Crippen molar-refractivity contribution >= 4 is 23.4 Å². The first-order valence-electron chi connectivity index (χ1n) is 9.49. The Morgan fingerprint density at radius 3 is 2.83 bits per heavy atom. The average molecular weight is 426 g/mol. The van der Waals surface area contributed by atoms with Crippen LogP contribution in [0, 0.1) is 6.92 Å². The smallest absolute Gasteiger partial charge is 0.234 e. The molecule has 0 spiro atoms. The predicted molar refractivity (Wildman–Crippen MR) is 114 cm³/mol. The fourth-order valence-electron chi connectivity index (χ4n) is 3.17. The Hall–Kier alpha value is -3.20. The molecule has 1 aliphatic rings. The number of amides is 1. The standard InChI is InChI=1S/C21H22N4O4S/c1-4-25-20(14-6-8-17-18(10-14)29-12-28-17)23-24-21(25)30-11-19(26)22-15-9-13(2)5-7-16(15)27-3/h5-10H,4,11-12H2,1-3H3,(H,22,26). The topological polar surface area (TPSA) is 87.5 Å². The number of aromatic nitrogens is 3. The van der Waals surface area contributed by atoms with Crippen LogP contribution in [0.4, 0.5) is 5.69 Å². The summed E-state index contributed by atoms with van der Waals surface area (Å²) >= 11 is 1.34. The summed E-state index contributed by atoms with van der Waals surface area (Å²) in [6.45, 7) is 4.88. The van der Waals surface area contributed by atoms with Gasteiger partial charge in [-0.3, -0.25) is 4.79 Å². The van der Waals surface area contributed by atoms with Gasteiger partial charge in [0.2, 0.25) is 12.7 Å². The van der Waals surface area contributed by atoms with Crippen molar-refractivity contribution in [2.24, 2.45) is 0 Å². The van der Waals surface area contributed by atoms with Crippen molar-refractivity contribution in [1.29, 1.82) is 0 Å². The van der Waals surface area contributed by atoms with Gasteiger partial charge in [-0.1, -0.05) is 17.8 Å². The zero-order chi connectivity index (χ0) is 21.1. The number of ether oxygens (including phenoxy) is 3. The number of nitrogens with one attached hydrogen (secondary N) is 1. The van der Waals surface area contributed by atoms with Crippen LogP contribution in [0.5, 0.6) is 17.2 Å². The zero-order valence-corrected chi connectivity index (χ0v) is 17.8. The molecule has 1 N–H and O–H groups in total. The van der Waals surface area contributed by atoms with Gasteiger partial charge in [0, 0.05) is 12.1 Å². The van der Waals surface area contributed by atoms with Crippen molar-refractivity contribution in [2.45, 2.75) is 25.5 Å². The van der Waals surface area contributed by atoms with Crippen LogP contribution in [-0.2, 0) is 11.3 Å². The number of carbonyl (C=O) groups excluding carboxylic acids is 1. The van der Waals surface area contributed by atoms with E-state index in [4.69, 9.17) is 14.2 Å². The molecule has 0 atom stereocenters. The molecule has 4 rings (SSSR count). The molecule has 1 aliphatic heterocycles. The van der Waals surface area contributed by atoms with Crippen LogP contribution in [-0.4, -0.2) is 40.3 Å². The lowest BCUT2D eigenvalue weighted by atomic mass is 10.2. The minimum atomic E-state index is -0.140. The third-order valence-corrected chi connectivity index (χ3v) is 5.59. The SMILES string of the molecule is CCn1c(SCC(=O)Nc2cc(C)ccc2OC)nnc1-c1ccc2c(c1)OCO2. The minimum absolute atomic E-state index is 0.140. The van der Waals surface area contributed by atoms with Gasteiger partial charge in [0.1, 0.15) is 5.75 Å². The minimum Gasteiger partial charge on any atom is -0.495 e. The van der Waals surface area contributed by atoms with Crippen molar-refractivity contribution in [1.82, 2.24) is 14.8 Å². The van der Waals surface area contributed by atoms with Crippen LogP contribution in [0.25, 0.3) is 11.4 Å². The van der Waals surface area contributed by atoms with Crippen molar-refractivity contribution in [2.75, 3.05) is 25.0 Å². The number of fused-ring (bicyclic) bond motifs is 1. The molecule has 0 bridgehead atoms. The van der Waals surface area contributed by atoms with E-state index in [1.165, 1.54) is 11.8 Å². The number of methoxy groups -OCH3 is 1. The third kappa shape index (κ3) is 4.06. The summed E-state index contributed by atoms with van der Waals surface area (Å²) in [7, 11) is 1.58. The fraction of sp³-hybridized carbons (Fsp3) is 0.286. The number of thioether (sulfide) groups is 1. The van der Waals surface area contributed by atoms with E-state index >= 15 is 0 Å². The van der Waals surface area contributed by atoms with Gasteiger partial charge in [0.25, 0.3) is 0 Å². The van der Waals surface area contributed by atoms with Crippen LogP contribution < -0.4 is 19.5 Å². The van der Waals surface area contributed by atoms with Crippen LogP contribution in [0.2, 0.25) is 0 Å². The monoisotopic (exact) mass is 426 g/mol. The molecule has 1 amide bonds. The van der Waals surface area contributed by atoms with E-state index < -0.39 is 0 Å². The van der Waals surface area contributed by atoms with Gasteiger partial charge in [-0.05, 0) is 49.7 Å². The molecule has 8 nitrogen and oxygen atoms in total. The molecule has 1 aromatic heterocycles. The number of aryl methyl sites for hydroxylation is 1. The summed E-state index contributed by atoms with van der Waals surface area (Å²) in [6, 6.07) is 11.3. The summed E-state index contributed by atoms with van der Waals surface area (Å²) in [5.41, 5.74) is 2.58. The highest BCUT2D eigenvalue weighted by atomic mass is 32.2. The number of carbonyl (C=O) groups is 1. The van der Waals surface area contributed by atoms with E-state index in [9.17, 15) is 4.79 Å². The lowest BCUT2D eigenvalue weighted by Gasteiger charge is -2.11. The summed E-state index contributed by atoms with van der Waals surface area (Å²) in [5.74, 6) is 2.83. The zero-order valence-electron chi connectivity index (χ0n) is 17.0. The highest BCUT2D eigenvalue weighted by molar-refractivity contribution is 7.99. The summed E-state index contributed by atoms with van der Waals surface area (Å²) < 4.78 is 18.1. The molecule has 0 fully saturated rings. The Morgan fingerprint density at radius 2 is 2.03 bits per heavy atom. The van der Waals surface area contributed by atoms with E-state index in [1.54, 1.807) is 7.11 Å². The summed E-state index contributed by atoms with van der Waals surface area (Å²) in [6.07, 6.45) is 0. The number of benzene rings is 2. The molecule has 2 aromatic carbocycles. The summed E-state index contributed by atoms with van der Waals surface area (Å²) in [4.78, 5) is 12.5. The molecule has 30 heavy (non-hydrogen) atoms. The third-order valence-electron chi connectivity index (χ3n) is 4.63. The number of hydrogen-bond donors (Lipinski definition) is 1. The average Bonchev–Trinajstić information content (AvgIpc) is 3.38. The second kappa shape index (κ2) is 8.66. The summed E-state index contributed by atoms with van der Waals surface area (Å²) in [5, 5.41) is 12.2. The van der Waals surface area contributed by atoms with Gasteiger partial charge in [-0.2, -0.15) is 0 Å².